The van der Waals surface area contributed by atoms with E-state index in [0.29, 0.717) is 0 Å². The zero-order valence-electron chi connectivity index (χ0n) is 4.76. The SMILES string of the molecule is C[P]1(C)C=CC=C1. The van der Waals surface area contributed by atoms with Crippen molar-refractivity contribution in [3.05, 3.63) is 23.8 Å². The van der Waals surface area contributed by atoms with Gasteiger partial charge in [0.25, 0.3) is 0 Å². The van der Waals surface area contributed by atoms with E-state index in [9.17, 15) is 0 Å². The summed E-state index contributed by atoms with van der Waals surface area (Å²) >= 11 is 0. The van der Waals surface area contributed by atoms with Crippen LogP contribution in [0.5, 0.6) is 0 Å². The van der Waals surface area contributed by atoms with Gasteiger partial charge in [0.15, 0.2) is 0 Å². The largest absolute Gasteiger partial charge is 0.0906 e. The van der Waals surface area contributed by atoms with Crippen molar-refractivity contribution in [2.45, 2.75) is 0 Å². The molecule has 0 atom stereocenters. The molecule has 0 aromatic rings. The van der Waals surface area contributed by atoms with Gasteiger partial charge in [-0.2, -0.15) is 0 Å². The monoisotopic (exact) mass is 113 g/mol. The molecule has 0 aromatic heterocycles. The first-order chi connectivity index (χ1) is 3.21. The van der Waals surface area contributed by atoms with E-state index in [2.05, 4.69) is 37.1 Å². The van der Waals surface area contributed by atoms with Crippen molar-refractivity contribution in [2.75, 3.05) is 13.3 Å². The molecule has 0 aromatic carbocycles. The molecule has 0 unspecified atom stereocenters. The number of hydrogen-bond donors (Lipinski definition) is 0. The molecule has 0 amide bonds. The summed E-state index contributed by atoms with van der Waals surface area (Å²) in [6, 6.07) is 0. The molecule has 0 bridgehead atoms. The molecular formula is C6H10P. The standard InChI is InChI=1S/C6H10P/c1-7(2)5-3-4-6-7/h3-6H,1-2H3. The minimum Gasteiger partial charge on any atom is -0.0906 e. The van der Waals surface area contributed by atoms with E-state index in [1.165, 1.54) is 0 Å². The Morgan fingerprint density at radius 1 is 1.00 bits per heavy atom. The van der Waals surface area contributed by atoms with E-state index in [4.69, 9.17) is 0 Å². The van der Waals surface area contributed by atoms with Gasteiger partial charge in [-0.25, -0.2) is 0 Å². The highest BCUT2D eigenvalue weighted by Gasteiger charge is 2.06. The normalized spacial score (nSPS) is 23.7. The molecule has 0 spiro atoms. The van der Waals surface area contributed by atoms with Crippen LogP contribution >= 0.6 is 7.26 Å². The first-order valence-electron chi connectivity index (χ1n) is 2.41. The van der Waals surface area contributed by atoms with Crippen LogP contribution in [0, 0.1) is 0 Å². The van der Waals surface area contributed by atoms with E-state index >= 15 is 0 Å². The summed E-state index contributed by atoms with van der Waals surface area (Å²) in [5.74, 6) is 4.60. The third-order valence-electron chi connectivity index (χ3n) is 1.05. The Kier molecular flexibility index (Phi) is 1.05. The fraction of sp³-hybridized carbons (Fsp3) is 0.333. The van der Waals surface area contributed by atoms with Gasteiger partial charge >= 0.3 is 0 Å². The predicted octanol–water partition coefficient (Wildman–Crippen LogP) is 2.30. The van der Waals surface area contributed by atoms with E-state index in [1.807, 2.05) is 0 Å². The summed E-state index contributed by atoms with van der Waals surface area (Å²) in [7, 11) is -0.654. The quantitative estimate of drug-likeness (QED) is 0.423. The molecule has 1 aliphatic heterocycles. The van der Waals surface area contributed by atoms with Crippen molar-refractivity contribution in [3.8, 4) is 0 Å². The van der Waals surface area contributed by atoms with Gasteiger partial charge in [-0.1, -0.05) is 31.0 Å². The lowest BCUT2D eigenvalue weighted by Gasteiger charge is -2.11. The van der Waals surface area contributed by atoms with E-state index in [0.717, 1.165) is 0 Å². The lowest BCUT2D eigenvalue weighted by Crippen LogP contribution is -1.69. The first kappa shape index (κ1) is 5.05. The molecule has 0 saturated heterocycles. The maximum atomic E-state index is 2.30. The summed E-state index contributed by atoms with van der Waals surface area (Å²) in [4.78, 5) is 0. The fourth-order valence-corrected chi connectivity index (χ4v) is 1.78. The Morgan fingerprint density at radius 2 is 1.43 bits per heavy atom. The Hall–Kier alpha value is -0.0900. The van der Waals surface area contributed by atoms with Gasteiger partial charge < -0.3 is 0 Å². The van der Waals surface area contributed by atoms with Crippen molar-refractivity contribution in [3.63, 3.8) is 0 Å². The summed E-state index contributed by atoms with van der Waals surface area (Å²) in [5.41, 5.74) is 0. The van der Waals surface area contributed by atoms with Crippen LogP contribution in [0.1, 0.15) is 0 Å². The molecule has 1 rings (SSSR count). The van der Waals surface area contributed by atoms with E-state index in [-0.39, 0.29) is 0 Å². The highest BCUT2D eigenvalue weighted by atomic mass is 31.2. The Morgan fingerprint density at radius 3 is 1.57 bits per heavy atom. The molecule has 0 nitrogen and oxygen atoms in total. The fourth-order valence-electron chi connectivity index (χ4n) is 0.593. The zero-order chi connectivity index (χ0) is 5.33. The van der Waals surface area contributed by atoms with Gasteiger partial charge in [0.2, 0.25) is 0 Å². The van der Waals surface area contributed by atoms with Crippen LogP contribution in [0.4, 0.5) is 0 Å². The Balaban J connectivity index is 2.77. The summed E-state index contributed by atoms with van der Waals surface area (Å²) < 4.78 is 0. The lowest BCUT2D eigenvalue weighted by atomic mass is 10.6. The molecule has 1 aliphatic rings. The third kappa shape index (κ3) is 1.14. The Bertz CT molecular complexity index is 106. The maximum absolute atomic E-state index is 2.30. The van der Waals surface area contributed by atoms with Gasteiger partial charge in [0, 0.05) is 0 Å². The van der Waals surface area contributed by atoms with Crippen LogP contribution in [0.25, 0.3) is 0 Å². The predicted molar refractivity (Wildman–Crippen MR) is 37.0 cm³/mol. The molecule has 0 N–H and O–H groups in total. The molecule has 0 saturated carbocycles. The van der Waals surface area contributed by atoms with Crippen LogP contribution in [0.15, 0.2) is 23.8 Å². The van der Waals surface area contributed by atoms with Crippen molar-refractivity contribution >= 4 is 7.26 Å². The molecule has 0 aliphatic carbocycles. The smallest absolute Gasteiger partial charge is 0.0416 e. The molecular weight excluding hydrogens is 103 g/mol. The second kappa shape index (κ2) is 1.45. The molecule has 1 heterocycles. The average Bonchev–Trinajstić information content (AvgIpc) is 1.84. The second-order valence-electron chi connectivity index (χ2n) is 2.31. The first-order valence-corrected chi connectivity index (χ1v) is 5.23. The average molecular weight is 113 g/mol. The van der Waals surface area contributed by atoms with Crippen molar-refractivity contribution < 1.29 is 0 Å². The zero-order valence-corrected chi connectivity index (χ0v) is 5.65. The second-order valence-corrected chi connectivity index (χ2v) is 6.17. The van der Waals surface area contributed by atoms with Gasteiger partial charge in [0.05, 0.1) is 0 Å². The van der Waals surface area contributed by atoms with Crippen LogP contribution in [0.2, 0.25) is 0 Å². The molecule has 0 fully saturated rings. The number of rotatable bonds is 0. The van der Waals surface area contributed by atoms with Crippen LogP contribution < -0.4 is 0 Å². The highest BCUT2D eigenvalue weighted by molar-refractivity contribution is 7.80. The maximum Gasteiger partial charge on any atom is -0.0416 e. The van der Waals surface area contributed by atoms with Crippen LogP contribution in [-0.2, 0) is 0 Å². The highest BCUT2D eigenvalue weighted by Crippen LogP contribution is 2.56. The van der Waals surface area contributed by atoms with Crippen molar-refractivity contribution in [1.29, 1.82) is 0 Å². The van der Waals surface area contributed by atoms with Gasteiger partial charge in [0.1, 0.15) is 0 Å². The number of hydrogen-bond acceptors (Lipinski definition) is 0. The summed E-state index contributed by atoms with van der Waals surface area (Å²) in [6.45, 7) is 4.60. The van der Waals surface area contributed by atoms with Gasteiger partial charge in [-0.3, -0.25) is 0 Å². The van der Waals surface area contributed by atoms with E-state index < -0.39 is 7.26 Å². The number of allylic oxidation sites excluding steroid dienone is 2. The third-order valence-corrected chi connectivity index (χ3v) is 2.93. The molecule has 1 heteroatoms. The minimum absolute atomic E-state index is 0.654. The van der Waals surface area contributed by atoms with Crippen LogP contribution in [-0.4, -0.2) is 13.3 Å². The molecule has 39 valence electrons. The lowest BCUT2D eigenvalue weighted by molar-refractivity contribution is 2.12. The van der Waals surface area contributed by atoms with Gasteiger partial charge in [-0.05, 0) is 13.3 Å². The molecule has 7 heavy (non-hydrogen) atoms. The van der Waals surface area contributed by atoms with Crippen molar-refractivity contribution in [1.82, 2.24) is 0 Å². The van der Waals surface area contributed by atoms with E-state index in [1.54, 1.807) is 0 Å². The summed E-state index contributed by atoms with van der Waals surface area (Å²) in [6.07, 6.45) is 4.27. The van der Waals surface area contributed by atoms with Crippen LogP contribution in [0.3, 0.4) is 0 Å². The minimum atomic E-state index is -0.654. The Labute approximate surface area is 45.3 Å². The van der Waals surface area contributed by atoms with Gasteiger partial charge in [-0.15, -0.1) is 0 Å². The topological polar surface area (TPSA) is 0 Å². The molecule has 1 radical (unpaired) electrons. The summed E-state index contributed by atoms with van der Waals surface area (Å²) in [5, 5.41) is 0. The van der Waals surface area contributed by atoms with Crippen molar-refractivity contribution in [2.24, 2.45) is 0 Å².